The van der Waals surface area contributed by atoms with Gasteiger partial charge in [-0.15, -0.1) is 0 Å². The predicted octanol–water partition coefficient (Wildman–Crippen LogP) is 6.29. The molecule has 2 aromatic carbocycles. The topological polar surface area (TPSA) is 79.5 Å². The molecule has 0 aliphatic rings. The predicted molar refractivity (Wildman–Crippen MR) is 131 cm³/mol. The normalized spacial score (nSPS) is 11.4. The number of nitrogens with one attached hydrogen (secondary N) is 2. The lowest BCUT2D eigenvalue weighted by molar-refractivity contribution is 0.411. The number of aromatic amines is 2. The molecule has 6 rings (SSSR count). The van der Waals surface area contributed by atoms with Gasteiger partial charge in [0.1, 0.15) is 17.3 Å². The van der Waals surface area contributed by atoms with Gasteiger partial charge in [0.15, 0.2) is 5.65 Å². The van der Waals surface area contributed by atoms with Gasteiger partial charge < -0.3 is 9.72 Å². The summed E-state index contributed by atoms with van der Waals surface area (Å²) in [5, 5.41) is 9.45. The van der Waals surface area contributed by atoms with Gasteiger partial charge in [0, 0.05) is 52.1 Å². The monoisotopic (exact) mass is 449 g/mol. The second kappa shape index (κ2) is 7.81. The van der Waals surface area contributed by atoms with Crippen LogP contribution >= 0.6 is 0 Å². The van der Waals surface area contributed by atoms with Crippen molar-refractivity contribution < 1.29 is 9.13 Å². The van der Waals surface area contributed by atoms with Crippen LogP contribution in [-0.4, -0.2) is 32.3 Å². The molecule has 0 amide bonds. The summed E-state index contributed by atoms with van der Waals surface area (Å²) in [6.45, 7) is 2.05. The fourth-order valence-electron chi connectivity index (χ4n) is 4.39. The summed E-state index contributed by atoms with van der Waals surface area (Å²) >= 11 is 0. The molecule has 0 saturated heterocycles. The van der Waals surface area contributed by atoms with E-state index in [1.54, 1.807) is 6.20 Å². The molecule has 0 aliphatic carbocycles. The molecule has 0 bridgehead atoms. The van der Waals surface area contributed by atoms with Crippen LogP contribution in [0.1, 0.15) is 5.56 Å². The van der Waals surface area contributed by atoms with E-state index in [0.29, 0.717) is 11.4 Å². The number of aromatic nitrogens is 5. The molecule has 0 aliphatic heterocycles. The number of hydrogen-bond acceptors (Lipinski definition) is 4. The van der Waals surface area contributed by atoms with E-state index in [4.69, 9.17) is 4.74 Å². The SMILES string of the molecule is COc1cc(F)cc(-c2cccc3[nH]c(-c4n[nH]c5ncc(-c6cnccc6C)cc45)cc23)c1. The first-order valence-corrected chi connectivity index (χ1v) is 10.8. The van der Waals surface area contributed by atoms with Gasteiger partial charge in [0.25, 0.3) is 0 Å². The summed E-state index contributed by atoms with van der Waals surface area (Å²) in [5.41, 5.74) is 8.03. The first-order chi connectivity index (χ1) is 16.6. The Morgan fingerprint density at radius 3 is 2.68 bits per heavy atom. The zero-order valence-corrected chi connectivity index (χ0v) is 18.6. The number of methoxy groups -OCH3 is 1. The van der Waals surface area contributed by atoms with Gasteiger partial charge in [-0.25, -0.2) is 9.37 Å². The molecule has 7 heteroatoms. The third-order valence-corrected chi connectivity index (χ3v) is 6.10. The molecule has 34 heavy (non-hydrogen) atoms. The summed E-state index contributed by atoms with van der Waals surface area (Å²) in [6.07, 6.45) is 5.46. The Morgan fingerprint density at radius 2 is 1.82 bits per heavy atom. The van der Waals surface area contributed by atoms with Gasteiger partial charge >= 0.3 is 0 Å². The minimum Gasteiger partial charge on any atom is -0.497 e. The van der Waals surface area contributed by atoms with Crippen LogP contribution in [0.5, 0.6) is 5.75 Å². The summed E-state index contributed by atoms with van der Waals surface area (Å²) < 4.78 is 19.5. The van der Waals surface area contributed by atoms with Crippen molar-refractivity contribution >= 4 is 21.9 Å². The van der Waals surface area contributed by atoms with Gasteiger partial charge in [0.05, 0.1) is 12.8 Å². The summed E-state index contributed by atoms with van der Waals surface area (Å²) in [6, 6.07) is 16.7. The third kappa shape index (κ3) is 3.29. The van der Waals surface area contributed by atoms with Gasteiger partial charge in [0.2, 0.25) is 0 Å². The van der Waals surface area contributed by atoms with E-state index in [-0.39, 0.29) is 5.82 Å². The average molecular weight is 449 g/mol. The van der Waals surface area contributed by atoms with E-state index in [1.165, 1.54) is 19.2 Å². The molecule has 0 spiro atoms. The molecular formula is C27H20FN5O. The Hall–Kier alpha value is -4.52. The van der Waals surface area contributed by atoms with Crippen molar-refractivity contribution in [3.63, 3.8) is 0 Å². The van der Waals surface area contributed by atoms with Gasteiger partial charge in [-0.1, -0.05) is 12.1 Å². The molecule has 6 aromatic rings. The molecule has 0 radical (unpaired) electrons. The van der Waals surface area contributed by atoms with E-state index in [9.17, 15) is 4.39 Å². The van der Waals surface area contributed by atoms with Crippen molar-refractivity contribution in [2.24, 2.45) is 0 Å². The minimum atomic E-state index is -0.343. The zero-order chi connectivity index (χ0) is 23.2. The fourth-order valence-corrected chi connectivity index (χ4v) is 4.39. The first-order valence-electron chi connectivity index (χ1n) is 10.8. The standard InChI is InChI=1S/C27H20FN5O/c1-15-6-7-29-14-23(15)17-10-22-26(32-33-27(22)30-13-17)25-12-21-20(4-3-5-24(21)31-25)16-8-18(28)11-19(9-16)34-2/h3-14,31H,1-2H3,(H,30,32,33). The number of benzene rings is 2. The van der Waals surface area contributed by atoms with Crippen LogP contribution in [0.15, 0.2) is 73.2 Å². The van der Waals surface area contributed by atoms with Crippen molar-refractivity contribution in [1.29, 1.82) is 0 Å². The highest BCUT2D eigenvalue weighted by atomic mass is 19.1. The number of H-pyrrole nitrogens is 2. The van der Waals surface area contributed by atoms with Crippen LogP contribution in [0.4, 0.5) is 4.39 Å². The van der Waals surface area contributed by atoms with Crippen molar-refractivity contribution in [2.75, 3.05) is 7.11 Å². The van der Waals surface area contributed by atoms with E-state index in [0.717, 1.165) is 55.5 Å². The van der Waals surface area contributed by atoms with Crippen molar-refractivity contribution in [3.8, 4) is 39.4 Å². The van der Waals surface area contributed by atoms with Gasteiger partial charge in [-0.2, -0.15) is 5.10 Å². The lowest BCUT2D eigenvalue weighted by Crippen LogP contribution is -1.87. The number of fused-ring (bicyclic) bond motifs is 2. The van der Waals surface area contributed by atoms with Crippen molar-refractivity contribution in [2.45, 2.75) is 6.92 Å². The van der Waals surface area contributed by atoms with Crippen LogP contribution < -0.4 is 4.74 Å². The molecular weight excluding hydrogens is 429 g/mol. The highest BCUT2D eigenvalue weighted by Gasteiger charge is 2.16. The summed E-state index contributed by atoms with van der Waals surface area (Å²) in [5.74, 6) is 0.134. The minimum absolute atomic E-state index is 0.343. The molecule has 0 unspecified atom stereocenters. The number of ether oxygens (including phenoxy) is 1. The molecule has 4 heterocycles. The molecule has 2 N–H and O–H groups in total. The molecule has 6 nitrogen and oxygen atoms in total. The Kier molecular flexibility index (Phi) is 4.62. The smallest absolute Gasteiger partial charge is 0.155 e. The quantitative estimate of drug-likeness (QED) is 0.331. The van der Waals surface area contributed by atoms with E-state index in [2.05, 4.69) is 38.1 Å². The largest absolute Gasteiger partial charge is 0.497 e. The number of nitrogens with zero attached hydrogens (tertiary/aromatic N) is 3. The van der Waals surface area contributed by atoms with E-state index < -0.39 is 0 Å². The Labute approximate surface area is 194 Å². The maximum absolute atomic E-state index is 14.2. The molecule has 0 atom stereocenters. The summed E-state index contributed by atoms with van der Waals surface area (Å²) in [4.78, 5) is 12.3. The Morgan fingerprint density at radius 1 is 0.912 bits per heavy atom. The number of rotatable bonds is 4. The second-order valence-corrected chi connectivity index (χ2v) is 8.21. The number of halogens is 1. The van der Waals surface area contributed by atoms with Crippen LogP contribution in [0.3, 0.4) is 0 Å². The number of aryl methyl sites for hydroxylation is 1. The van der Waals surface area contributed by atoms with Crippen LogP contribution in [0.25, 0.3) is 55.6 Å². The molecule has 166 valence electrons. The fraction of sp³-hybridized carbons (Fsp3) is 0.0741. The highest BCUT2D eigenvalue weighted by molar-refractivity contribution is 6.01. The zero-order valence-electron chi connectivity index (χ0n) is 18.6. The highest BCUT2D eigenvalue weighted by Crippen LogP contribution is 2.36. The van der Waals surface area contributed by atoms with Crippen LogP contribution in [0.2, 0.25) is 0 Å². The number of pyridine rings is 2. The lowest BCUT2D eigenvalue weighted by atomic mass is 10.0. The molecule has 4 aromatic heterocycles. The van der Waals surface area contributed by atoms with Crippen LogP contribution in [-0.2, 0) is 0 Å². The first kappa shape index (κ1) is 20.1. The van der Waals surface area contributed by atoms with E-state index in [1.807, 2.05) is 48.8 Å². The van der Waals surface area contributed by atoms with Gasteiger partial charge in [-0.05, 0) is 60.0 Å². The second-order valence-electron chi connectivity index (χ2n) is 8.21. The van der Waals surface area contributed by atoms with Crippen molar-refractivity contribution in [1.82, 2.24) is 25.1 Å². The molecule has 0 saturated carbocycles. The maximum Gasteiger partial charge on any atom is 0.155 e. The Balaban J connectivity index is 1.51. The summed E-state index contributed by atoms with van der Waals surface area (Å²) in [7, 11) is 1.53. The third-order valence-electron chi connectivity index (χ3n) is 6.10. The van der Waals surface area contributed by atoms with Gasteiger partial charge in [-0.3, -0.25) is 10.1 Å². The lowest BCUT2D eigenvalue weighted by Gasteiger charge is -2.07. The maximum atomic E-state index is 14.2. The van der Waals surface area contributed by atoms with Crippen molar-refractivity contribution in [3.05, 3.63) is 84.6 Å². The van der Waals surface area contributed by atoms with Crippen LogP contribution in [0, 0.1) is 12.7 Å². The number of hydrogen-bond donors (Lipinski definition) is 2. The Bertz CT molecular complexity index is 1680. The molecule has 0 fully saturated rings. The average Bonchev–Trinajstić information content (AvgIpc) is 3.47. The van der Waals surface area contributed by atoms with E-state index >= 15 is 0 Å².